The molecule has 0 fully saturated rings. The number of nitrogens with zero attached hydrogens (tertiary/aromatic N) is 1. The normalized spacial score (nSPS) is 12.9. The summed E-state index contributed by atoms with van der Waals surface area (Å²) in [6, 6.07) is 12.6. The van der Waals surface area contributed by atoms with Crippen LogP contribution < -0.4 is 10.6 Å². The number of amides is 3. The largest absolute Gasteiger partial charge is 0.508 e. The number of hydrogen-bond acceptors (Lipinski definition) is 4. The molecule has 0 aliphatic rings. The van der Waals surface area contributed by atoms with Gasteiger partial charge in [0, 0.05) is 31.1 Å². The lowest BCUT2D eigenvalue weighted by molar-refractivity contribution is -0.124. The van der Waals surface area contributed by atoms with E-state index in [1.54, 1.807) is 46.8 Å². The van der Waals surface area contributed by atoms with Gasteiger partial charge in [0.2, 0.25) is 11.8 Å². The van der Waals surface area contributed by atoms with Gasteiger partial charge in [-0.05, 0) is 82.3 Å². The van der Waals surface area contributed by atoms with Crippen molar-refractivity contribution in [1.82, 2.24) is 15.5 Å². The molecule has 2 unspecified atom stereocenters. The van der Waals surface area contributed by atoms with Crippen molar-refractivity contribution in [3.8, 4) is 5.75 Å². The number of aryl methyl sites for hydroxylation is 3. The minimum atomic E-state index is -1.12. The third-order valence-corrected chi connectivity index (χ3v) is 6.12. The van der Waals surface area contributed by atoms with E-state index < -0.39 is 17.6 Å². The third kappa shape index (κ3) is 8.29. The number of aromatic hydroxyl groups is 1. The molecule has 2 rings (SSSR count). The van der Waals surface area contributed by atoms with Crippen molar-refractivity contribution in [1.29, 1.82) is 0 Å². The van der Waals surface area contributed by atoms with Gasteiger partial charge >= 0.3 is 6.09 Å². The molecule has 0 aromatic heterocycles. The number of hydrogen-bond donors (Lipinski definition) is 4. The van der Waals surface area contributed by atoms with E-state index in [4.69, 9.17) is 0 Å². The van der Waals surface area contributed by atoms with Gasteiger partial charge in [0.25, 0.3) is 0 Å². The van der Waals surface area contributed by atoms with E-state index in [1.165, 1.54) is 4.90 Å². The van der Waals surface area contributed by atoms with E-state index in [9.17, 15) is 24.6 Å². The van der Waals surface area contributed by atoms with Gasteiger partial charge in [-0.25, -0.2) is 4.79 Å². The molecule has 2 aromatic rings. The highest BCUT2D eigenvalue weighted by molar-refractivity contribution is 5.85. The van der Waals surface area contributed by atoms with Crippen LogP contribution in [0.2, 0.25) is 0 Å². The Balaban J connectivity index is 2.12. The van der Waals surface area contributed by atoms with Crippen LogP contribution in [0, 0.1) is 13.8 Å². The molecule has 36 heavy (non-hydrogen) atoms. The number of carbonyl (C=O) groups is 3. The van der Waals surface area contributed by atoms with Gasteiger partial charge in [0.05, 0.1) is 5.92 Å². The van der Waals surface area contributed by atoms with Crippen LogP contribution in [-0.4, -0.2) is 57.7 Å². The molecule has 8 nitrogen and oxygen atoms in total. The van der Waals surface area contributed by atoms with Crippen LogP contribution in [0.1, 0.15) is 62.3 Å². The van der Waals surface area contributed by atoms with Gasteiger partial charge in [-0.3, -0.25) is 9.59 Å². The number of carbonyl (C=O) groups excluding carboxylic acids is 2. The summed E-state index contributed by atoms with van der Waals surface area (Å²) in [6.45, 7) is 10.9. The summed E-state index contributed by atoms with van der Waals surface area (Å²) in [7, 11) is 0. The fourth-order valence-electron chi connectivity index (χ4n) is 4.31. The molecule has 0 spiro atoms. The maximum atomic E-state index is 13.4. The second-order valence-corrected chi connectivity index (χ2v) is 10.3. The predicted octanol–water partition coefficient (Wildman–Crippen LogP) is 4.12. The third-order valence-electron chi connectivity index (χ3n) is 6.12. The van der Waals surface area contributed by atoms with Crippen LogP contribution in [0.15, 0.2) is 42.5 Å². The Bertz CT molecular complexity index is 1040. The van der Waals surface area contributed by atoms with E-state index in [-0.39, 0.29) is 36.7 Å². The van der Waals surface area contributed by atoms with Gasteiger partial charge in [0.15, 0.2) is 0 Å². The van der Waals surface area contributed by atoms with Crippen LogP contribution in [-0.2, 0) is 16.0 Å². The Hall–Kier alpha value is -3.55. The SMILES string of the molecule is Cc1cc(O)cc(C)c1C(CN(C(=O)O)C(C)(C)C)C(=O)NCC(C)NC(=O)CCc1ccccc1. The van der Waals surface area contributed by atoms with Gasteiger partial charge < -0.3 is 25.7 Å². The number of carboxylic acid groups (broad SMARTS) is 1. The standard InChI is InChI=1S/C28H39N3O5/c1-18-14-22(32)15-19(2)25(18)23(17-31(27(35)36)28(4,5)6)26(34)29-16-20(3)30-24(33)13-12-21-10-8-7-9-11-21/h7-11,14-15,20,23,32H,12-13,16-17H2,1-6H3,(H,29,34)(H,30,33)(H,35,36). The van der Waals surface area contributed by atoms with Gasteiger partial charge in [-0.15, -0.1) is 0 Å². The second-order valence-electron chi connectivity index (χ2n) is 10.3. The molecule has 0 aliphatic heterocycles. The predicted molar refractivity (Wildman–Crippen MR) is 140 cm³/mol. The van der Waals surface area contributed by atoms with Crippen LogP contribution in [0.4, 0.5) is 4.79 Å². The topological polar surface area (TPSA) is 119 Å². The molecule has 3 amide bonds. The van der Waals surface area contributed by atoms with Crippen LogP contribution >= 0.6 is 0 Å². The van der Waals surface area contributed by atoms with Crippen LogP contribution in [0.3, 0.4) is 0 Å². The summed E-state index contributed by atoms with van der Waals surface area (Å²) >= 11 is 0. The van der Waals surface area contributed by atoms with Gasteiger partial charge in [-0.2, -0.15) is 0 Å². The highest BCUT2D eigenvalue weighted by Crippen LogP contribution is 2.30. The molecule has 8 heteroatoms. The summed E-state index contributed by atoms with van der Waals surface area (Å²) in [5.74, 6) is -1.15. The lowest BCUT2D eigenvalue weighted by Crippen LogP contribution is -2.50. The monoisotopic (exact) mass is 497 g/mol. The summed E-state index contributed by atoms with van der Waals surface area (Å²) in [5.41, 5.74) is 2.45. The highest BCUT2D eigenvalue weighted by Gasteiger charge is 2.34. The Labute approximate surface area is 213 Å². The average molecular weight is 498 g/mol. The first kappa shape index (κ1) is 28.7. The number of rotatable bonds is 10. The van der Waals surface area contributed by atoms with Crippen molar-refractivity contribution in [2.45, 2.75) is 71.9 Å². The average Bonchev–Trinajstić information content (AvgIpc) is 2.77. The molecule has 4 N–H and O–H groups in total. The Morgan fingerprint density at radius 3 is 2.14 bits per heavy atom. The van der Waals surface area contributed by atoms with E-state index in [1.807, 2.05) is 37.3 Å². The first-order valence-corrected chi connectivity index (χ1v) is 12.2. The van der Waals surface area contributed by atoms with E-state index in [2.05, 4.69) is 10.6 Å². The second kappa shape index (κ2) is 12.4. The molecule has 0 heterocycles. The molecule has 0 bridgehead atoms. The Kier molecular flexibility index (Phi) is 9.90. The minimum Gasteiger partial charge on any atom is -0.508 e. The van der Waals surface area contributed by atoms with Crippen molar-refractivity contribution < 1.29 is 24.6 Å². The van der Waals surface area contributed by atoms with Gasteiger partial charge in [0.1, 0.15) is 5.75 Å². The molecular weight excluding hydrogens is 458 g/mol. The van der Waals surface area contributed by atoms with Crippen molar-refractivity contribution >= 4 is 17.9 Å². The summed E-state index contributed by atoms with van der Waals surface area (Å²) in [6.07, 6.45) is -0.144. The highest BCUT2D eigenvalue weighted by atomic mass is 16.4. The van der Waals surface area contributed by atoms with Crippen LogP contribution in [0.25, 0.3) is 0 Å². The molecule has 196 valence electrons. The lowest BCUT2D eigenvalue weighted by Gasteiger charge is -2.36. The maximum Gasteiger partial charge on any atom is 0.407 e. The van der Waals surface area contributed by atoms with Gasteiger partial charge in [-0.1, -0.05) is 30.3 Å². The quantitative estimate of drug-likeness (QED) is 0.394. The molecule has 2 atom stereocenters. The smallest absolute Gasteiger partial charge is 0.407 e. The minimum absolute atomic E-state index is 0.0467. The number of benzene rings is 2. The molecule has 0 radical (unpaired) electrons. The lowest BCUT2D eigenvalue weighted by atomic mass is 9.88. The molecule has 0 saturated carbocycles. The zero-order valence-corrected chi connectivity index (χ0v) is 22.1. The summed E-state index contributed by atoms with van der Waals surface area (Å²) in [5, 5.41) is 25.6. The molecule has 2 aromatic carbocycles. The zero-order valence-electron chi connectivity index (χ0n) is 22.1. The van der Waals surface area contributed by atoms with Crippen molar-refractivity contribution in [2.24, 2.45) is 0 Å². The zero-order chi connectivity index (χ0) is 27.0. The first-order chi connectivity index (χ1) is 16.8. The fraction of sp³-hybridized carbons (Fsp3) is 0.464. The van der Waals surface area contributed by atoms with E-state index in [0.29, 0.717) is 29.5 Å². The summed E-state index contributed by atoms with van der Waals surface area (Å²) < 4.78 is 0. The Morgan fingerprint density at radius 2 is 1.61 bits per heavy atom. The van der Waals surface area contributed by atoms with E-state index in [0.717, 1.165) is 5.56 Å². The van der Waals surface area contributed by atoms with Crippen molar-refractivity contribution in [3.05, 3.63) is 64.7 Å². The van der Waals surface area contributed by atoms with Crippen molar-refractivity contribution in [2.75, 3.05) is 13.1 Å². The molecular formula is C28H39N3O5. The maximum absolute atomic E-state index is 13.4. The Morgan fingerprint density at radius 1 is 1.03 bits per heavy atom. The van der Waals surface area contributed by atoms with E-state index >= 15 is 0 Å². The molecule has 0 saturated heterocycles. The first-order valence-electron chi connectivity index (χ1n) is 12.2. The summed E-state index contributed by atoms with van der Waals surface area (Å²) in [4.78, 5) is 39.0. The molecule has 0 aliphatic carbocycles. The van der Waals surface area contributed by atoms with Crippen LogP contribution in [0.5, 0.6) is 5.75 Å². The number of phenolic OH excluding ortho intramolecular Hbond substituents is 1. The van der Waals surface area contributed by atoms with Crippen molar-refractivity contribution in [3.63, 3.8) is 0 Å². The fourth-order valence-corrected chi connectivity index (χ4v) is 4.31. The number of phenols is 1. The number of nitrogens with one attached hydrogen (secondary N) is 2.